The van der Waals surface area contributed by atoms with Crippen LogP contribution in [0.2, 0.25) is 0 Å². The Morgan fingerprint density at radius 2 is 1.89 bits per heavy atom. The van der Waals surface area contributed by atoms with Gasteiger partial charge in [0.25, 0.3) is 11.7 Å². The molecule has 2 atom stereocenters. The maximum atomic E-state index is 13.9. The largest absolute Gasteiger partial charge is 0.478 e. The minimum Gasteiger partial charge on any atom is -0.478 e. The number of alkyl halides is 3. The van der Waals surface area contributed by atoms with E-state index in [2.05, 4.69) is 10.4 Å². The van der Waals surface area contributed by atoms with Crippen molar-refractivity contribution in [3.63, 3.8) is 0 Å². The van der Waals surface area contributed by atoms with Crippen LogP contribution in [0, 0.1) is 6.92 Å². The second-order valence-corrected chi connectivity index (χ2v) is 8.68. The second-order valence-electron chi connectivity index (χ2n) is 8.68. The lowest BCUT2D eigenvalue weighted by Gasteiger charge is -2.25. The molecule has 1 aliphatic heterocycles. The topological polar surface area (TPSA) is 104 Å². The number of amides is 1. The molecule has 1 aromatic heterocycles. The fraction of sp³-hybridized carbons (Fsp3) is 0.292. The van der Waals surface area contributed by atoms with Crippen LogP contribution in [0.5, 0.6) is 0 Å². The van der Waals surface area contributed by atoms with Gasteiger partial charge in [0.05, 0.1) is 18.2 Å². The summed E-state index contributed by atoms with van der Waals surface area (Å²) in [6, 6.07) is 12.1. The van der Waals surface area contributed by atoms with Crippen LogP contribution in [0.15, 0.2) is 48.5 Å². The monoisotopic (exact) mass is 489 g/mol. The number of carboxylic acids is 1. The number of carboxylic acid groups (broad SMARTS) is 1. The Morgan fingerprint density at radius 1 is 1.20 bits per heavy atom. The van der Waals surface area contributed by atoms with Crippen LogP contribution in [0.25, 0.3) is 0 Å². The molecule has 1 amide bonds. The summed E-state index contributed by atoms with van der Waals surface area (Å²) >= 11 is 0. The van der Waals surface area contributed by atoms with E-state index in [1.165, 1.54) is 24.3 Å². The van der Waals surface area contributed by atoms with E-state index >= 15 is 0 Å². The molecule has 0 radical (unpaired) electrons. The van der Waals surface area contributed by atoms with Gasteiger partial charge < -0.3 is 10.4 Å². The number of rotatable bonds is 6. The highest BCUT2D eigenvalue weighted by Gasteiger charge is 2.51. The lowest BCUT2D eigenvalue weighted by Crippen LogP contribution is -2.45. The molecule has 0 aliphatic carbocycles. The highest BCUT2D eigenvalue weighted by atomic mass is 19.4. The number of carbonyl (C=O) groups excluding carboxylic acids is 1. The molecule has 184 valence electrons. The highest BCUT2D eigenvalue weighted by Crippen LogP contribution is 2.41. The molecule has 3 N–H and O–H groups in total. The number of aromatic carboxylic acids is 1. The third-order valence-corrected chi connectivity index (χ3v) is 6.03. The Kier molecular flexibility index (Phi) is 6.16. The van der Waals surface area contributed by atoms with Gasteiger partial charge in [-0.3, -0.25) is 4.79 Å². The lowest BCUT2D eigenvalue weighted by atomic mass is 10.1. The Morgan fingerprint density at radius 3 is 2.49 bits per heavy atom. The predicted octanol–water partition coefficient (Wildman–Crippen LogP) is 4.31. The zero-order chi connectivity index (χ0) is 25.5. The lowest BCUT2D eigenvalue weighted by molar-refractivity contribution is -0.142. The molecule has 4 rings (SSSR count). The van der Waals surface area contributed by atoms with Crippen molar-refractivity contribution in [2.45, 2.75) is 39.2 Å². The number of benzene rings is 2. The summed E-state index contributed by atoms with van der Waals surface area (Å²) in [6.45, 7) is 3.47. The third kappa shape index (κ3) is 4.77. The molecule has 0 fully saturated rings. The molecule has 3 aromatic rings. The zero-order valence-electron chi connectivity index (χ0n) is 19.0. The molecule has 11 heteroatoms. The summed E-state index contributed by atoms with van der Waals surface area (Å²) in [4.78, 5) is 24.3. The van der Waals surface area contributed by atoms with E-state index in [0.717, 1.165) is 10.2 Å². The molecule has 2 aromatic carbocycles. The summed E-state index contributed by atoms with van der Waals surface area (Å²) < 4.78 is 41.8. The summed E-state index contributed by atoms with van der Waals surface area (Å²) in [5.74, 6) is -2.37. The van der Waals surface area contributed by atoms with Crippen molar-refractivity contribution in [1.29, 1.82) is 0 Å². The van der Waals surface area contributed by atoms with Gasteiger partial charge in [-0.1, -0.05) is 42.0 Å². The fourth-order valence-electron chi connectivity index (χ4n) is 4.34. The summed E-state index contributed by atoms with van der Waals surface area (Å²) in [5.41, 5.74) is 0.0929. The van der Waals surface area contributed by atoms with E-state index in [4.69, 9.17) is 5.11 Å². The molecule has 35 heavy (non-hydrogen) atoms. The normalized spacial score (nSPS) is 18.2. The number of quaternary nitrogens is 1. The van der Waals surface area contributed by atoms with E-state index in [-0.39, 0.29) is 31.0 Å². The first kappa shape index (κ1) is 24.4. The number of hydrogen-bond donors (Lipinski definition) is 3. The van der Waals surface area contributed by atoms with E-state index in [1.54, 1.807) is 19.1 Å². The molecule has 8 nitrogen and oxygen atoms in total. The van der Waals surface area contributed by atoms with Crippen LogP contribution in [-0.2, 0) is 19.3 Å². The number of hydrogen-bond acceptors (Lipinski definition) is 4. The summed E-state index contributed by atoms with van der Waals surface area (Å²) in [6.07, 6.45) is -4.91. The van der Waals surface area contributed by atoms with Crippen molar-refractivity contribution in [2.75, 3.05) is 6.54 Å². The number of fused-ring (bicyclic) bond motifs is 1. The average Bonchev–Trinajstić information content (AvgIpc) is 3.32. The Labute approximate surface area is 198 Å². The number of aryl methyl sites for hydroxylation is 1. The third-order valence-electron chi connectivity index (χ3n) is 6.03. The van der Waals surface area contributed by atoms with Crippen LogP contribution in [0.4, 0.5) is 19.0 Å². The van der Waals surface area contributed by atoms with E-state index < -0.39 is 40.0 Å². The van der Waals surface area contributed by atoms with Gasteiger partial charge in [-0.2, -0.15) is 18.3 Å². The van der Waals surface area contributed by atoms with Crippen molar-refractivity contribution in [3.8, 4) is 0 Å². The first-order valence-corrected chi connectivity index (χ1v) is 10.9. The van der Waals surface area contributed by atoms with Crippen molar-refractivity contribution in [1.82, 2.24) is 19.7 Å². The molecule has 0 saturated carbocycles. The van der Waals surface area contributed by atoms with Gasteiger partial charge in [0.2, 0.25) is 0 Å². The first-order chi connectivity index (χ1) is 16.4. The van der Waals surface area contributed by atoms with Crippen LogP contribution in [0.3, 0.4) is 0 Å². The maximum absolute atomic E-state index is 13.9. The van der Waals surface area contributed by atoms with Crippen molar-refractivity contribution in [3.05, 3.63) is 82.0 Å². The SMILES string of the molecule is Cc1cccc(C[N+]2(O)CCn3nc(C(F)(F)F)c(C(=O)N[C@@H](C)c4ccc(C(=O)O)cc4)c32)c1. The minimum atomic E-state index is -4.91. The van der Waals surface area contributed by atoms with Crippen LogP contribution >= 0.6 is 0 Å². The molecule has 2 heterocycles. The molecule has 1 aliphatic rings. The summed E-state index contributed by atoms with van der Waals surface area (Å²) in [7, 11) is 0. The van der Waals surface area contributed by atoms with Crippen molar-refractivity contribution >= 4 is 17.7 Å². The molecule has 0 saturated heterocycles. The molecule has 1 unspecified atom stereocenters. The number of nitrogens with zero attached hydrogens (tertiary/aromatic N) is 3. The number of nitrogens with one attached hydrogen (secondary N) is 1. The molecule has 0 bridgehead atoms. The van der Waals surface area contributed by atoms with Crippen LogP contribution < -0.4 is 9.96 Å². The Hall–Kier alpha value is -3.70. The zero-order valence-corrected chi connectivity index (χ0v) is 19.0. The van der Waals surface area contributed by atoms with Gasteiger partial charge in [0.15, 0.2) is 11.3 Å². The number of halogens is 3. The van der Waals surface area contributed by atoms with Crippen LogP contribution in [-0.4, -0.2) is 38.5 Å². The van der Waals surface area contributed by atoms with Crippen molar-refractivity contribution in [2.24, 2.45) is 0 Å². The standard InChI is InChI=1S/C24H23F3N4O4/c1-14-4-3-5-16(12-14)13-31(35)11-10-30-22(31)19(20(29-30)24(25,26)27)21(32)28-15(2)17-6-8-18(9-7-17)23(33)34/h3-9,12,15,35H,10-11,13H2,1-2H3,(H-,28,32,33,34)/p+1/t15-,31?/m0/s1. The Bertz CT molecular complexity index is 1290. The van der Waals surface area contributed by atoms with Gasteiger partial charge in [-0.25, -0.2) is 14.7 Å². The number of carbonyl (C=O) groups is 2. The van der Waals surface area contributed by atoms with E-state index in [1.807, 2.05) is 19.1 Å². The van der Waals surface area contributed by atoms with Crippen molar-refractivity contribution < 1.29 is 33.1 Å². The highest BCUT2D eigenvalue weighted by molar-refractivity contribution is 6.00. The van der Waals surface area contributed by atoms with Gasteiger partial charge in [-0.05, 0) is 31.5 Å². The van der Waals surface area contributed by atoms with Gasteiger partial charge >= 0.3 is 12.1 Å². The van der Waals surface area contributed by atoms with E-state index in [0.29, 0.717) is 11.1 Å². The second kappa shape index (κ2) is 8.82. The van der Waals surface area contributed by atoms with Gasteiger partial charge in [0.1, 0.15) is 13.1 Å². The summed E-state index contributed by atoms with van der Waals surface area (Å²) in [5, 5.41) is 26.6. The molecule has 0 spiro atoms. The molecular formula is C24H24F3N4O4+. The smallest absolute Gasteiger partial charge is 0.436 e. The Balaban J connectivity index is 1.70. The molecular weight excluding hydrogens is 465 g/mol. The minimum absolute atomic E-state index is 0.0141. The average molecular weight is 489 g/mol. The van der Waals surface area contributed by atoms with Crippen LogP contribution in [0.1, 0.15) is 56.1 Å². The maximum Gasteiger partial charge on any atom is 0.436 e. The number of hydroxylamine groups is 2. The van der Waals surface area contributed by atoms with Gasteiger partial charge in [0, 0.05) is 5.56 Å². The predicted molar refractivity (Wildman–Crippen MR) is 120 cm³/mol. The first-order valence-electron chi connectivity index (χ1n) is 10.9. The van der Waals surface area contributed by atoms with E-state index in [9.17, 15) is 28.0 Å². The fourth-order valence-corrected chi connectivity index (χ4v) is 4.34. The van der Waals surface area contributed by atoms with Gasteiger partial charge in [-0.15, -0.1) is 4.65 Å². The number of aromatic nitrogens is 2. The quantitative estimate of drug-likeness (QED) is 0.448.